The molecule has 4 rings (SSSR count). The summed E-state index contributed by atoms with van der Waals surface area (Å²) in [6, 6.07) is 21.0. The van der Waals surface area contributed by atoms with Gasteiger partial charge in [-0.25, -0.2) is 0 Å². The van der Waals surface area contributed by atoms with Gasteiger partial charge >= 0.3 is 0 Å². The predicted octanol–water partition coefficient (Wildman–Crippen LogP) is 4.13. The van der Waals surface area contributed by atoms with Gasteiger partial charge < -0.3 is 19.1 Å². The maximum absolute atomic E-state index is 5.42. The second kappa shape index (κ2) is 8.31. The fourth-order valence-corrected chi connectivity index (χ4v) is 3.36. The third-order valence-electron chi connectivity index (χ3n) is 5.00. The molecule has 1 aliphatic heterocycles. The highest BCUT2D eigenvalue weighted by molar-refractivity contribution is 5.81. The van der Waals surface area contributed by atoms with Gasteiger partial charge in [0.1, 0.15) is 0 Å². The molecule has 5 nitrogen and oxygen atoms in total. The number of ether oxygens (including phenoxy) is 1. The molecular weight excluding hydrogens is 348 g/mol. The molecule has 0 spiro atoms. The quantitative estimate of drug-likeness (QED) is 0.630. The Morgan fingerprint density at radius 2 is 1.57 bits per heavy atom. The summed E-state index contributed by atoms with van der Waals surface area (Å²) in [5.74, 6) is 0. The average Bonchev–Trinajstić information content (AvgIpc) is 3.22. The van der Waals surface area contributed by atoms with E-state index >= 15 is 0 Å². The maximum atomic E-state index is 5.42. The molecule has 1 fully saturated rings. The Morgan fingerprint density at radius 3 is 2.25 bits per heavy atom. The Bertz CT molecular complexity index is 920. The average molecular weight is 374 g/mol. The summed E-state index contributed by atoms with van der Waals surface area (Å²) >= 11 is 0. The minimum atomic E-state index is 0.798. The van der Waals surface area contributed by atoms with Gasteiger partial charge in [0.05, 0.1) is 30.8 Å². The van der Waals surface area contributed by atoms with Gasteiger partial charge in [-0.2, -0.15) is 0 Å². The third-order valence-corrected chi connectivity index (χ3v) is 5.00. The summed E-state index contributed by atoms with van der Waals surface area (Å²) in [5, 5.41) is 0. The van der Waals surface area contributed by atoms with Crippen molar-refractivity contribution in [2.45, 2.75) is 0 Å². The van der Waals surface area contributed by atoms with E-state index in [-0.39, 0.29) is 0 Å². The summed E-state index contributed by atoms with van der Waals surface area (Å²) in [7, 11) is 4.10. The first-order valence-corrected chi connectivity index (χ1v) is 9.63. The lowest BCUT2D eigenvalue weighted by Crippen LogP contribution is -2.36. The zero-order valence-corrected chi connectivity index (χ0v) is 16.5. The van der Waals surface area contributed by atoms with Crippen molar-refractivity contribution in [3.05, 3.63) is 72.6 Å². The lowest BCUT2D eigenvalue weighted by molar-refractivity contribution is 0.122. The maximum Gasteiger partial charge on any atom is 0.0642 e. The molecule has 0 N–H and O–H groups in total. The third kappa shape index (κ3) is 4.10. The van der Waals surface area contributed by atoms with Crippen molar-refractivity contribution in [1.82, 2.24) is 4.57 Å². The molecule has 0 saturated carbocycles. The van der Waals surface area contributed by atoms with Crippen molar-refractivity contribution in [3.8, 4) is 5.69 Å². The number of anilines is 2. The first kappa shape index (κ1) is 18.3. The molecule has 3 aromatic rings. The van der Waals surface area contributed by atoms with Crippen molar-refractivity contribution in [2.24, 2.45) is 4.99 Å². The molecule has 144 valence electrons. The summed E-state index contributed by atoms with van der Waals surface area (Å²) in [4.78, 5) is 9.12. The molecule has 0 unspecified atom stereocenters. The highest BCUT2D eigenvalue weighted by Crippen LogP contribution is 2.21. The number of benzene rings is 2. The number of morpholine rings is 1. The first-order chi connectivity index (χ1) is 13.7. The summed E-state index contributed by atoms with van der Waals surface area (Å²) in [6.45, 7) is 3.49. The molecule has 28 heavy (non-hydrogen) atoms. The van der Waals surface area contributed by atoms with Crippen LogP contribution in [0.2, 0.25) is 0 Å². The minimum Gasteiger partial charge on any atom is -0.378 e. The van der Waals surface area contributed by atoms with Gasteiger partial charge in [0.25, 0.3) is 0 Å². The second-order valence-electron chi connectivity index (χ2n) is 7.09. The van der Waals surface area contributed by atoms with Gasteiger partial charge in [-0.05, 0) is 60.7 Å². The molecule has 1 aromatic heterocycles. The topological polar surface area (TPSA) is 33.0 Å². The molecule has 5 heteroatoms. The summed E-state index contributed by atoms with van der Waals surface area (Å²) < 4.78 is 7.56. The molecular formula is C23H26N4O. The molecule has 2 aromatic carbocycles. The first-order valence-electron chi connectivity index (χ1n) is 9.63. The molecule has 1 aliphatic rings. The summed E-state index contributed by atoms with van der Waals surface area (Å²) in [5.41, 5.74) is 5.54. The second-order valence-corrected chi connectivity index (χ2v) is 7.09. The van der Waals surface area contributed by atoms with E-state index < -0.39 is 0 Å². The largest absolute Gasteiger partial charge is 0.378 e. The molecule has 0 aliphatic carbocycles. The molecule has 1 saturated heterocycles. The Balaban J connectivity index is 1.49. The van der Waals surface area contributed by atoms with Crippen LogP contribution in [0.3, 0.4) is 0 Å². The molecule has 0 atom stereocenters. The van der Waals surface area contributed by atoms with E-state index in [0.717, 1.165) is 43.4 Å². The normalized spacial score (nSPS) is 14.6. The Morgan fingerprint density at radius 1 is 0.893 bits per heavy atom. The molecule has 2 heterocycles. The van der Waals surface area contributed by atoms with Crippen LogP contribution in [-0.2, 0) is 4.74 Å². The van der Waals surface area contributed by atoms with Crippen LogP contribution in [0.4, 0.5) is 17.1 Å². The van der Waals surface area contributed by atoms with Crippen LogP contribution in [0, 0.1) is 0 Å². The van der Waals surface area contributed by atoms with E-state index in [1.54, 1.807) is 0 Å². The number of nitrogens with zero attached hydrogens (tertiary/aromatic N) is 4. The fraction of sp³-hybridized carbons (Fsp3) is 0.261. The number of aromatic nitrogens is 1. The minimum absolute atomic E-state index is 0.798. The van der Waals surface area contributed by atoms with Crippen LogP contribution < -0.4 is 9.80 Å². The highest BCUT2D eigenvalue weighted by Gasteiger charge is 2.10. The lowest BCUT2D eigenvalue weighted by atomic mass is 10.2. The standard InChI is InChI=1S/C23H26N4O/c1-25(2)20-9-11-22(12-10-20)27-13-3-4-23(27)18-24-19-5-7-21(8-6-19)26-14-16-28-17-15-26/h3-13,18H,14-17H2,1-2H3. The smallest absolute Gasteiger partial charge is 0.0642 e. The van der Waals surface area contributed by atoms with Crippen molar-refractivity contribution < 1.29 is 4.74 Å². The molecule has 0 amide bonds. The van der Waals surface area contributed by atoms with Gasteiger partial charge in [0.15, 0.2) is 0 Å². The zero-order valence-electron chi connectivity index (χ0n) is 16.5. The van der Waals surface area contributed by atoms with Crippen LogP contribution in [0.15, 0.2) is 71.9 Å². The molecule has 0 bridgehead atoms. The van der Waals surface area contributed by atoms with Crippen molar-refractivity contribution >= 4 is 23.3 Å². The van der Waals surface area contributed by atoms with Crippen molar-refractivity contribution in [2.75, 3.05) is 50.2 Å². The zero-order chi connectivity index (χ0) is 19.3. The van der Waals surface area contributed by atoms with E-state index in [0.29, 0.717) is 0 Å². The number of hydrogen-bond donors (Lipinski definition) is 0. The lowest BCUT2D eigenvalue weighted by Gasteiger charge is -2.28. The summed E-state index contributed by atoms with van der Waals surface area (Å²) in [6.07, 6.45) is 3.98. The monoisotopic (exact) mass is 374 g/mol. The van der Waals surface area contributed by atoms with E-state index in [1.807, 2.05) is 26.4 Å². The Kier molecular flexibility index (Phi) is 5.44. The van der Waals surface area contributed by atoms with Gasteiger partial charge in [0.2, 0.25) is 0 Å². The van der Waals surface area contributed by atoms with Crippen molar-refractivity contribution in [1.29, 1.82) is 0 Å². The Labute approximate surface area is 166 Å². The number of hydrogen-bond acceptors (Lipinski definition) is 4. The van der Waals surface area contributed by atoms with Crippen LogP contribution in [-0.4, -0.2) is 51.2 Å². The van der Waals surface area contributed by atoms with Gasteiger partial charge in [-0.1, -0.05) is 0 Å². The van der Waals surface area contributed by atoms with E-state index in [2.05, 4.69) is 80.2 Å². The molecule has 0 radical (unpaired) electrons. The number of rotatable bonds is 5. The van der Waals surface area contributed by atoms with Gasteiger partial charge in [-0.3, -0.25) is 4.99 Å². The van der Waals surface area contributed by atoms with Gasteiger partial charge in [-0.15, -0.1) is 0 Å². The van der Waals surface area contributed by atoms with E-state index in [1.165, 1.54) is 11.4 Å². The van der Waals surface area contributed by atoms with E-state index in [4.69, 9.17) is 4.74 Å². The van der Waals surface area contributed by atoms with Gasteiger partial charge in [0, 0.05) is 50.4 Å². The predicted molar refractivity (Wildman–Crippen MR) is 117 cm³/mol. The van der Waals surface area contributed by atoms with Crippen LogP contribution >= 0.6 is 0 Å². The van der Waals surface area contributed by atoms with Crippen LogP contribution in [0.5, 0.6) is 0 Å². The van der Waals surface area contributed by atoms with Crippen molar-refractivity contribution in [3.63, 3.8) is 0 Å². The van der Waals surface area contributed by atoms with E-state index in [9.17, 15) is 0 Å². The fourth-order valence-electron chi connectivity index (χ4n) is 3.36. The number of aliphatic imine (C=N–C) groups is 1. The van der Waals surface area contributed by atoms with Crippen LogP contribution in [0.25, 0.3) is 5.69 Å². The van der Waals surface area contributed by atoms with Crippen LogP contribution in [0.1, 0.15) is 5.69 Å². The SMILES string of the molecule is CN(C)c1ccc(-n2cccc2C=Nc2ccc(N3CCOCC3)cc2)cc1. The highest BCUT2D eigenvalue weighted by atomic mass is 16.5. The Hall–Kier alpha value is -3.05.